The number of urea groups is 1. The lowest BCUT2D eigenvalue weighted by Gasteiger charge is -2.43. The van der Waals surface area contributed by atoms with Crippen molar-refractivity contribution in [3.05, 3.63) is 29.8 Å². The van der Waals surface area contributed by atoms with Gasteiger partial charge >= 0.3 is 12.0 Å². The van der Waals surface area contributed by atoms with Crippen LogP contribution in [0, 0.1) is 18.8 Å². The van der Waals surface area contributed by atoms with Gasteiger partial charge in [-0.3, -0.25) is 9.69 Å². The number of carbonyl (C=O) groups is 2. The van der Waals surface area contributed by atoms with Crippen LogP contribution in [-0.2, 0) is 4.79 Å². The van der Waals surface area contributed by atoms with Crippen LogP contribution in [0.4, 0.5) is 10.5 Å². The molecular weight excluding hydrogens is 268 g/mol. The molecule has 1 saturated heterocycles. The Morgan fingerprint density at radius 1 is 1.33 bits per heavy atom. The number of likely N-dealkylation sites (tertiary alicyclic amines) is 1. The first-order valence-electron chi connectivity index (χ1n) is 7.30. The lowest BCUT2D eigenvalue weighted by atomic mass is 9.87. The van der Waals surface area contributed by atoms with Gasteiger partial charge in [0.25, 0.3) is 0 Å². The summed E-state index contributed by atoms with van der Waals surface area (Å²) >= 11 is 0. The monoisotopic (exact) mass is 290 g/mol. The molecule has 114 valence electrons. The number of hydrogen-bond donors (Lipinski definition) is 1. The third-order valence-corrected chi connectivity index (χ3v) is 4.17. The van der Waals surface area contributed by atoms with Gasteiger partial charge in [-0.2, -0.15) is 0 Å². The second kappa shape index (κ2) is 6.16. The van der Waals surface area contributed by atoms with Gasteiger partial charge in [-0.05, 0) is 26.0 Å². The highest BCUT2D eigenvalue weighted by Crippen LogP contribution is 2.26. The van der Waals surface area contributed by atoms with Gasteiger partial charge in [0.15, 0.2) is 0 Å². The Balaban J connectivity index is 1.99. The maximum absolute atomic E-state index is 12.5. The van der Waals surface area contributed by atoms with Crippen LogP contribution in [0.2, 0.25) is 0 Å². The van der Waals surface area contributed by atoms with Crippen LogP contribution in [0.5, 0.6) is 0 Å². The smallest absolute Gasteiger partial charge is 0.324 e. The highest BCUT2D eigenvalue weighted by atomic mass is 16.4. The summed E-state index contributed by atoms with van der Waals surface area (Å²) in [6.45, 7) is 7.29. The van der Waals surface area contributed by atoms with Crippen molar-refractivity contribution in [3.63, 3.8) is 0 Å². The van der Waals surface area contributed by atoms with Crippen molar-refractivity contribution < 1.29 is 14.7 Å². The van der Waals surface area contributed by atoms with Crippen molar-refractivity contribution >= 4 is 17.7 Å². The molecule has 0 saturated carbocycles. The fourth-order valence-electron chi connectivity index (χ4n) is 2.51. The van der Waals surface area contributed by atoms with E-state index in [9.17, 15) is 9.59 Å². The minimum absolute atomic E-state index is 0.0461. The first-order chi connectivity index (χ1) is 9.93. The molecule has 1 atom stereocenters. The van der Waals surface area contributed by atoms with E-state index in [0.717, 1.165) is 11.3 Å². The Morgan fingerprint density at radius 2 is 1.90 bits per heavy atom. The third-order valence-electron chi connectivity index (χ3n) is 4.17. The quantitative estimate of drug-likeness (QED) is 0.927. The Bertz CT molecular complexity index is 521. The molecule has 5 heteroatoms. The molecule has 0 spiro atoms. The minimum Gasteiger partial charge on any atom is -0.481 e. The van der Waals surface area contributed by atoms with Gasteiger partial charge in [0.05, 0.1) is 5.92 Å². The van der Waals surface area contributed by atoms with Crippen LogP contribution >= 0.6 is 0 Å². The first-order valence-corrected chi connectivity index (χ1v) is 7.30. The van der Waals surface area contributed by atoms with E-state index < -0.39 is 11.9 Å². The summed E-state index contributed by atoms with van der Waals surface area (Å²) in [4.78, 5) is 26.9. The van der Waals surface area contributed by atoms with E-state index in [0.29, 0.717) is 19.6 Å². The zero-order chi connectivity index (χ0) is 15.6. The third kappa shape index (κ3) is 3.17. The van der Waals surface area contributed by atoms with Gasteiger partial charge in [-0.15, -0.1) is 0 Å². The molecule has 0 radical (unpaired) electrons. The number of aryl methyl sites for hydroxylation is 1. The normalized spacial score (nSPS) is 16.2. The molecule has 0 aromatic heterocycles. The van der Waals surface area contributed by atoms with Crippen LogP contribution in [0.3, 0.4) is 0 Å². The fourth-order valence-corrected chi connectivity index (χ4v) is 2.51. The topological polar surface area (TPSA) is 60.9 Å². The maximum Gasteiger partial charge on any atom is 0.324 e. The van der Waals surface area contributed by atoms with Crippen LogP contribution in [-0.4, -0.2) is 41.6 Å². The number of amides is 2. The number of aliphatic carboxylic acids is 1. The number of nitrogens with zero attached hydrogens (tertiary/aromatic N) is 2. The van der Waals surface area contributed by atoms with E-state index >= 15 is 0 Å². The molecule has 1 unspecified atom stereocenters. The number of rotatable bonds is 4. The van der Waals surface area contributed by atoms with Crippen LogP contribution in [0.15, 0.2) is 24.3 Å². The molecule has 1 heterocycles. The van der Waals surface area contributed by atoms with E-state index in [4.69, 9.17) is 5.11 Å². The van der Waals surface area contributed by atoms with Gasteiger partial charge in [-0.1, -0.05) is 24.6 Å². The molecule has 1 aromatic rings. The standard InChI is InChI=1S/C16H22N2O3/c1-4-18(14-7-5-11(2)6-8-14)16(21)17-9-13(10-17)12(3)15(19)20/h5-8,12-13H,4,9-10H2,1-3H3,(H,19,20). The number of carboxylic acids is 1. The van der Waals surface area contributed by atoms with Gasteiger partial charge in [0, 0.05) is 31.2 Å². The van der Waals surface area contributed by atoms with Crippen molar-refractivity contribution in [2.45, 2.75) is 20.8 Å². The Labute approximate surface area is 125 Å². The Hall–Kier alpha value is -2.04. The van der Waals surface area contributed by atoms with Crippen molar-refractivity contribution in [3.8, 4) is 0 Å². The summed E-state index contributed by atoms with van der Waals surface area (Å²) in [6, 6.07) is 7.80. The maximum atomic E-state index is 12.5. The molecule has 2 rings (SSSR count). The number of hydrogen-bond acceptors (Lipinski definition) is 2. The van der Waals surface area contributed by atoms with E-state index in [1.54, 1.807) is 16.7 Å². The van der Waals surface area contributed by atoms with Crippen molar-refractivity contribution in [2.24, 2.45) is 11.8 Å². The highest BCUT2D eigenvalue weighted by molar-refractivity contribution is 5.92. The summed E-state index contributed by atoms with van der Waals surface area (Å²) in [5, 5.41) is 8.99. The summed E-state index contributed by atoms with van der Waals surface area (Å²) in [7, 11) is 0. The summed E-state index contributed by atoms with van der Waals surface area (Å²) in [5.74, 6) is -1.13. The van der Waals surface area contributed by atoms with Gasteiger partial charge < -0.3 is 10.0 Å². The van der Waals surface area contributed by atoms with E-state index in [1.165, 1.54) is 0 Å². The molecule has 1 N–H and O–H groups in total. The molecule has 1 aliphatic rings. The average Bonchev–Trinajstić information content (AvgIpc) is 2.39. The summed E-state index contributed by atoms with van der Waals surface area (Å²) in [6.07, 6.45) is 0. The first kappa shape index (κ1) is 15.4. The summed E-state index contributed by atoms with van der Waals surface area (Å²) < 4.78 is 0. The SMILES string of the molecule is CCN(C(=O)N1CC(C(C)C(=O)O)C1)c1ccc(C)cc1. The molecule has 0 aliphatic carbocycles. The lowest BCUT2D eigenvalue weighted by molar-refractivity contribution is -0.144. The van der Waals surface area contributed by atoms with Gasteiger partial charge in [-0.25, -0.2) is 4.79 Å². The predicted molar refractivity (Wildman–Crippen MR) is 81.5 cm³/mol. The zero-order valence-electron chi connectivity index (χ0n) is 12.7. The average molecular weight is 290 g/mol. The molecule has 1 aliphatic heterocycles. The lowest BCUT2D eigenvalue weighted by Crippen LogP contribution is -2.57. The highest BCUT2D eigenvalue weighted by Gasteiger charge is 2.38. The van der Waals surface area contributed by atoms with Gasteiger partial charge in [0.1, 0.15) is 0 Å². The number of anilines is 1. The largest absolute Gasteiger partial charge is 0.481 e. The van der Waals surface area contributed by atoms with Crippen LogP contribution in [0.25, 0.3) is 0 Å². The molecule has 2 amide bonds. The van der Waals surface area contributed by atoms with E-state index in [-0.39, 0.29) is 11.9 Å². The minimum atomic E-state index is -0.794. The Kier molecular flexibility index (Phi) is 4.50. The van der Waals surface area contributed by atoms with Gasteiger partial charge in [0.2, 0.25) is 0 Å². The summed E-state index contributed by atoms with van der Waals surface area (Å²) in [5.41, 5.74) is 2.03. The zero-order valence-corrected chi connectivity index (χ0v) is 12.7. The fraction of sp³-hybridized carbons (Fsp3) is 0.500. The molecular formula is C16H22N2O3. The molecule has 21 heavy (non-hydrogen) atoms. The van der Waals surface area contributed by atoms with Crippen LogP contribution < -0.4 is 4.90 Å². The van der Waals surface area contributed by atoms with E-state index in [2.05, 4.69) is 0 Å². The second-order valence-corrected chi connectivity index (χ2v) is 5.65. The number of carbonyl (C=O) groups excluding carboxylic acids is 1. The van der Waals surface area contributed by atoms with E-state index in [1.807, 2.05) is 38.1 Å². The molecule has 1 fully saturated rings. The van der Waals surface area contributed by atoms with Crippen molar-refractivity contribution in [1.29, 1.82) is 0 Å². The van der Waals surface area contributed by atoms with Crippen molar-refractivity contribution in [1.82, 2.24) is 4.90 Å². The van der Waals surface area contributed by atoms with Crippen molar-refractivity contribution in [2.75, 3.05) is 24.5 Å². The molecule has 0 bridgehead atoms. The predicted octanol–water partition coefficient (Wildman–Crippen LogP) is 2.59. The number of benzene rings is 1. The molecule has 5 nitrogen and oxygen atoms in total. The Morgan fingerprint density at radius 3 is 2.38 bits per heavy atom. The number of carboxylic acid groups (broad SMARTS) is 1. The molecule has 1 aromatic carbocycles. The van der Waals surface area contributed by atoms with Crippen LogP contribution in [0.1, 0.15) is 19.4 Å². The second-order valence-electron chi connectivity index (χ2n) is 5.65.